The zero-order valence-electron chi connectivity index (χ0n) is 8.48. The second kappa shape index (κ2) is 5.84. The molecule has 0 aliphatic heterocycles. The average molecular weight is 169 g/mol. The summed E-state index contributed by atoms with van der Waals surface area (Å²) < 4.78 is 5.56. The summed E-state index contributed by atoms with van der Waals surface area (Å²) in [5.74, 6) is 1.92. The van der Waals surface area contributed by atoms with Crippen LogP contribution in [0.15, 0.2) is 23.2 Å². The Labute approximate surface area is 75.1 Å². The number of rotatable bonds is 4. The highest BCUT2D eigenvalue weighted by atomic mass is 16.5. The molecule has 0 bridgehead atoms. The molecule has 0 saturated carbocycles. The zero-order chi connectivity index (χ0) is 9.56. The van der Waals surface area contributed by atoms with E-state index in [9.17, 15) is 0 Å². The van der Waals surface area contributed by atoms with Crippen LogP contribution in [0, 0.1) is 0 Å². The first-order valence-corrected chi connectivity index (χ1v) is 4.29. The summed E-state index contributed by atoms with van der Waals surface area (Å²) in [6, 6.07) is 0. The highest BCUT2D eigenvalue weighted by Gasteiger charge is 2.00. The van der Waals surface area contributed by atoms with Gasteiger partial charge >= 0.3 is 0 Å². The fraction of sp³-hybridized carbons (Fsp3) is 0.600. The van der Waals surface area contributed by atoms with E-state index in [1.54, 1.807) is 0 Å². The maximum absolute atomic E-state index is 5.56. The fourth-order valence-electron chi connectivity index (χ4n) is 0.787. The number of hydrogen-bond donors (Lipinski definition) is 1. The summed E-state index contributed by atoms with van der Waals surface area (Å²) in [7, 11) is 0. The van der Waals surface area contributed by atoms with E-state index >= 15 is 0 Å². The summed E-state index contributed by atoms with van der Waals surface area (Å²) in [4.78, 5) is 0. The molecule has 0 saturated heterocycles. The van der Waals surface area contributed by atoms with E-state index in [1.165, 1.54) is 5.57 Å². The van der Waals surface area contributed by atoms with Gasteiger partial charge in [-0.3, -0.25) is 0 Å². The first-order chi connectivity index (χ1) is 5.61. The lowest BCUT2D eigenvalue weighted by molar-refractivity contribution is 0.288. The molecule has 12 heavy (non-hydrogen) atoms. The van der Waals surface area contributed by atoms with Crippen LogP contribution < -0.4 is 5.73 Å². The van der Waals surface area contributed by atoms with Crippen molar-refractivity contribution in [3.63, 3.8) is 0 Å². The van der Waals surface area contributed by atoms with Gasteiger partial charge in [0.15, 0.2) is 0 Å². The van der Waals surface area contributed by atoms with Crippen molar-refractivity contribution in [2.45, 2.75) is 34.1 Å². The normalized spacial score (nSPS) is 11.2. The van der Waals surface area contributed by atoms with Crippen molar-refractivity contribution in [1.29, 1.82) is 0 Å². The summed E-state index contributed by atoms with van der Waals surface area (Å²) in [5.41, 5.74) is 6.65. The van der Waals surface area contributed by atoms with Crippen molar-refractivity contribution < 1.29 is 4.74 Å². The highest BCUT2D eigenvalue weighted by Crippen LogP contribution is 2.13. The Morgan fingerprint density at radius 1 is 1.33 bits per heavy atom. The lowest BCUT2D eigenvalue weighted by atomic mass is 10.2. The van der Waals surface area contributed by atoms with Crippen LogP contribution in [0.3, 0.4) is 0 Å². The van der Waals surface area contributed by atoms with Crippen molar-refractivity contribution in [2.75, 3.05) is 6.54 Å². The van der Waals surface area contributed by atoms with Gasteiger partial charge in [0.25, 0.3) is 0 Å². The molecular formula is C10H19NO. The first kappa shape index (κ1) is 11.2. The van der Waals surface area contributed by atoms with E-state index in [1.807, 2.05) is 33.8 Å². The molecule has 0 unspecified atom stereocenters. The van der Waals surface area contributed by atoms with Crippen LogP contribution in [0.4, 0.5) is 0 Å². The number of allylic oxidation sites excluding steroid dienone is 3. The Hall–Kier alpha value is -0.760. The predicted molar refractivity (Wildman–Crippen MR) is 52.6 cm³/mol. The molecule has 0 aliphatic rings. The predicted octanol–water partition coefficient (Wildman–Crippen LogP) is 2.57. The summed E-state index contributed by atoms with van der Waals surface area (Å²) in [5, 5.41) is 0. The van der Waals surface area contributed by atoms with Crippen LogP contribution >= 0.6 is 0 Å². The van der Waals surface area contributed by atoms with Crippen LogP contribution in [-0.2, 0) is 4.74 Å². The molecule has 0 spiro atoms. The van der Waals surface area contributed by atoms with E-state index in [0.717, 1.165) is 17.9 Å². The van der Waals surface area contributed by atoms with Crippen molar-refractivity contribution in [3.05, 3.63) is 23.2 Å². The first-order valence-electron chi connectivity index (χ1n) is 4.29. The maximum atomic E-state index is 5.56. The van der Waals surface area contributed by atoms with Gasteiger partial charge < -0.3 is 10.5 Å². The van der Waals surface area contributed by atoms with Crippen LogP contribution in [0.5, 0.6) is 0 Å². The zero-order valence-corrected chi connectivity index (χ0v) is 8.48. The SMILES string of the molecule is C/C=C(/C)OC(CCN)=C(C)C. The number of hydrogen-bond acceptors (Lipinski definition) is 2. The van der Waals surface area contributed by atoms with Crippen LogP contribution in [0.25, 0.3) is 0 Å². The topological polar surface area (TPSA) is 35.2 Å². The van der Waals surface area contributed by atoms with Gasteiger partial charge in [-0.05, 0) is 45.9 Å². The van der Waals surface area contributed by atoms with Gasteiger partial charge in [0, 0.05) is 6.42 Å². The van der Waals surface area contributed by atoms with Gasteiger partial charge in [-0.15, -0.1) is 0 Å². The minimum atomic E-state index is 0.636. The average Bonchev–Trinajstić information content (AvgIpc) is 2.03. The second-order valence-electron chi connectivity index (χ2n) is 2.96. The molecular weight excluding hydrogens is 150 g/mol. The smallest absolute Gasteiger partial charge is 0.103 e. The molecule has 0 radical (unpaired) electrons. The molecule has 2 N–H and O–H groups in total. The van der Waals surface area contributed by atoms with Gasteiger partial charge in [-0.25, -0.2) is 0 Å². The fourth-order valence-corrected chi connectivity index (χ4v) is 0.787. The minimum absolute atomic E-state index is 0.636. The lowest BCUT2D eigenvalue weighted by Crippen LogP contribution is -2.03. The van der Waals surface area contributed by atoms with E-state index in [0.29, 0.717) is 6.54 Å². The maximum Gasteiger partial charge on any atom is 0.103 e. The number of nitrogens with two attached hydrogens (primary N) is 1. The minimum Gasteiger partial charge on any atom is -0.467 e. The van der Waals surface area contributed by atoms with Crippen molar-refractivity contribution in [3.8, 4) is 0 Å². The van der Waals surface area contributed by atoms with Gasteiger partial charge in [-0.1, -0.05) is 0 Å². The molecule has 2 nitrogen and oxygen atoms in total. The second-order valence-corrected chi connectivity index (χ2v) is 2.96. The quantitative estimate of drug-likeness (QED) is 0.656. The Bertz CT molecular complexity index is 188. The van der Waals surface area contributed by atoms with Crippen LogP contribution in [-0.4, -0.2) is 6.54 Å². The molecule has 0 amide bonds. The Balaban J connectivity index is 4.26. The van der Waals surface area contributed by atoms with Gasteiger partial charge in [0.1, 0.15) is 5.76 Å². The number of ether oxygens (including phenoxy) is 1. The third-order valence-corrected chi connectivity index (χ3v) is 1.62. The Morgan fingerprint density at radius 2 is 1.92 bits per heavy atom. The van der Waals surface area contributed by atoms with E-state index in [2.05, 4.69) is 0 Å². The molecule has 0 heterocycles. The molecule has 0 aromatic rings. The molecule has 0 atom stereocenters. The molecule has 0 aromatic carbocycles. The molecule has 0 aromatic heterocycles. The van der Waals surface area contributed by atoms with Gasteiger partial charge in [0.05, 0.1) is 5.76 Å². The monoisotopic (exact) mass is 169 g/mol. The standard InChI is InChI=1S/C10H19NO/c1-5-9(4)12-10(6-7-11)8(2)3/h5H,6-7,11H2,1-4H3/b9-5-. The summed E-state index contributed by atoms with van der Waals surface area (Å²) in [6.07, 6.45) is 2.76. The van der Waals surface area contributed by atoms with E-state index in [-0.39, 0.29) is 0 Å². The summed E-state index contributed by atoms with van der Waals surface area (Å²) >= 11 is 0. The molecule has 2 heteroatoms. The lowest BCUT2D eigenvalue weighted by Gasteiger charge is -2.10. The van der Waals surface area contributed by atoms with E-state index < -0.39 is 0 Å². The van der Waals surface area contributed by atoms with Crippen molar-refractivity contribution in [2.24, 2.45) is 5.73 Å². The summed E-state index contributed by atoms with van der Waals surface area (Å²) in [6.45, 7) is 8.61. The van der Waals surface area contributed by atoms with E-state index in [4.69, 9.17) is 10.5 Å². The Kier molecular flexibility index (Phi) is 5.47. The molecule has 0 fully saturated rings. The van der Waals surface area contributed by atoms with Crippen molar-refractivity contribution in [1.82, 2.24) is 0 Å². The third kappa shape index (κ3) is 4.19. The molecule has 0 aliphatic carbocycles. The third-order valence-electron chi connectivity index (χ3n) is 1.62. The van der Waals surface area contributed by atoms with Gasteiger partial charge in [-0.2, -0.15) is 0 Å². The Morgan fingerprint density at radius 3 is 2.25 bits per heavy atom. The van der Waals surface area contributed by atoms with Crippen molar-refractivity contribution >= 4 is 0 Å². The largest absolute Gasteiger partial charge is 0.467 e. The van der Waals surface area contributed by atoms with Crippen LogP contribution in [0.1, 0.15) is 34.1 Å². The molecule has 70 valence electrons. The molecule has 0 rings (SSSR count). The highest BCUT2D eigenvalue weighted by molar-refractivity contribution is 5.06. The van der Waals surface area contributed by atoms with Gasteiger partial charge in [0.2, 0.25) is 0 Å². The van der Waals surface area contributed by atoms with Crippen LogP contribution in [0.2, 0.25) is 0 Å².